The number of rotatable bonds is 3. The van der Waals surface area contributed by atoms with E-state index in [0.29, 0.717) is 23.6 Å². The van der Waals surface area contributed by atoms with Crippen molar-refractivity contribution in [2.45, 2.75) is 19.4 Å². The number of amides is 2. The Morgan fingerprint density at radius 1 is 1.21 bits per heavy atom. The number of para-hydroxylation sites is 1. The summed E-state index contributed by atoms with van der Waals surface area (Å²) >= 11 is 12.1. The smallest absolute Gasteiger partial charge is 0.260 e. The molecule has 1 unspecified atom stereocenters. The van der Waals surface area contributed by atoms with Gasteiger partial charge >= 0.3 is 0 Å². The number of carbonyl (C=O) groups is 2. The van der Waals surface area contributed by atoms with Crippen LogP contribution in [0.15, 0.2) is 42.5 Å². The summed E-state index contributed by atoms with van der Waals surface area (Å²) in [4.78, 5) is 27.0. The number of hydrogen-bond donors (Lipinski definition) is 1. The third-order valence-corrected chi connectivity index (χ3v) is 4.56. The Balaban J connectivity index is 2.03. The summed E-state index contributed by atoms with van der Waals surface area (Å²) in [7, 11) is 0. The van der Waals surface area contributed by atoms with E-state index in [1.807, 2.05) is 31.2 Å². The molecule has 0 aliphatic carbocycles. The third-order valence-electron chi connectivity index (χ3n) is 4.01. The molecule has 1 heterocycles. The fraction of sp³-hybridized carbons (Fsp3) is 0.222. The molecule has 1 N–H and O–H groups in total. The van der Waals surface area contributed by atoms with Gasteiger partial charge in [-0.05, 0) is 36.8 Å². The van der Waals surface area contributed by atoms with Crippen molar-refractivity contribution >= 4 is 40.7 Å². The van der Waals surface area contributed by atoms with Crippen LogP contribution in [0.2, 0.25) is 10.0 Å². The summed E-state index contributed by atoms with van der Waals surface area (Å²) in [5, 5.41) is 3.52. The van der Waals surface area contributed by atoms with Crippen molar-refractivity contribution < 1.29 is 9.59 Å². The summed E-state index contributed by atoms with van der Waals surface area (Å²) in [6.45, 7) is 2.36. The third kappa shape index (κ3) is 2.99. The van der Waals surface area contributed by atoms with Crippen LogP contribution < -0.4 is 10.2 Å². The Kier molecular flexibility index (Phi) is 4.78. The monoisotopic (exact) mass is 362 g/mol. The number of nitrogens with one attached hydrogen (secondary N) is 1. The lowest BCUT2D eigenvalue weighted by Gasteiger charge is -2.25. The number of hydrogen-bond acceptors (Lipinski definition) is 2. The molecule has 0 saturated heterocycles. The second-order valence-electron chi connectivity index (χ2n) is 5.54. The second kappa shape index (κ2) is 6.83. The molecule has 2 amide bonds. The molecule has 1 aliphatic heterocycles. The first kappa shape index (κ1) is 16.8. The molecule has 1 atom stereocenters. The minimum Gasteiger partial charge on any atom is -0.355 e. The maximum atomic E-state index is 13.1. The molecule has 2 aromatic carbocycles. The number of fused-ring (bicyclic) bond motifs is 1. The fourth-order valence-corrected chi connectivity index (χ4v) is 3.42. The summed E-state index contributed by atoms with van der Waals surface area (Å²) < 4.78 is 0. The molecule has 0 spiro atoms. The lowest BCUT2D eigenvalue weighted by atomic mass is 10.1. The standard InChI is InChI=1S/C18H16Cl2N2O2/c1-2-21-17(23)16-9-11-5-3-4-6-15(11)22(16)18(24)13-8-7-12(19)10-14(13)20/h3-8,10,16H,2,9H2,1H3,(H,21,23). The second-order valence-corrected chi connectivity index (χ2v) is 6.39. The van der Waals surface area contributed by atoms with Crippen LogP contribution in [0.4, 0.5) is 5.69 Å². The fourth-order valence-electron chi connectivity index (χ4n) is 2.93. The molecular weight excluding hydrogens is 347 g/mol. The van der Waals surface area contributed by atoms with E-state index in [4.69, 9.17) is 23.2 Å². The number of anilines is 1. The van der Waals surface area contributed by atoms with Crippen molar-refractivity contribution in [3.8, 4) is 0 Å². The van der Waals surface area contributed by atoms with E-state index in [9.17, 15) is 9.59 Å². The number of likely N-dealkylation sites (N-methyl/N-ethyl adjacent to an activating group) is 1. The van der Waals surface area contributed by atoms with Gasteiger partial charge in [-0.2, -0.15) is 0 Å². The van der Waals surface area contributed by atoms with Crippen LogP contribution >= 0.6 is 23.2 Å². The number of nitrogens with zero attached hydrogens (tertiary/aromatic N) is 1. The summed E-state index contributed by atoms with van der Waals surface area (Å²) in [6, 6.07) is 11.7. The van der Waals surface area contributed by atoms with E-state index in [1.54, 1.807) is 12.1 Å². The van der Waals surface area contributed by atoms with Crippen LogP contribution in [0.3, 0.4) is 0 Å². The van der Waals surface area contributed by atoms with E-state index in [2.05, 4.69) is 5.32 Å². The van der Waals surface area contributed by atoms with Crippen LogP contribution in [0.5, 0.6) is 0 Å². The van der Waals surface area contributed by atoms with Gasteiger partial charge in [0.25, 0.3) is 5.91 Å². The Morgan fingerprint density at radius 2 is 1.96 bits per heavy atom. The maximum Gasteiger partial charge on any atom is 0.260 e. The number of carbonyl (C=O) groups excluding carboxylic acids is 2. The minimum atomic E-state index is -0.582. The Bertz CT molecular complexity index is 807. The highest BCUT2D eigenvalue weighted by atomic mass is 35.5. The predicted molar refractivity (Wildman–Crippen MR) is 95.9 cm³/mol. The Hall–Kier alpha value is -2.04. The molecule has 6 heteroatoms. The molecule has 0 bridgehead atoms. The zero-order valence-corrected chi connectivity index (χ0v) is 14.6. The van der Waals surface area contributed by atoms with Crippen molar-refractivity contribution in [1.82, 2.24) is 5.32 Å². The van der Waals surface area contributed by atoms with Crippen molar-refractivity contribution in [2.24, 2.45) is 0 Å². The predicted octanol–water partition coefficient (Wildman–Crippen LogP) is 3.70. The number of halogens is 2. The van der Waals surface area contributed by atoms with Crippen molar-refractivity contribution in [1.29, 1.82) is 0 Å². The van der Waals surface area contributed by atoms with Gasteiger partial charge in [0, 0.05) is 23.7 Å². The average molecular weight is 363 g/mol. The van der Waals surface area contributed by atoms with E-state index in [0.717, 1.165) is 11.3 Å². The first-order valence-corrected chi connectivity index (χ1v) is 8.42. The van der Waals surface area contributed by atoms with Gasteiger partial charge in [0.1, 0.15) is 6.04 Å². The lowest BCUT2D eigenvalue weighted by molar-refractivity contribution is -0.122. The van der Waals surface area contributed by atoms with Gasteiger partial charge in [0.2, 0.25) is 5.91 Å². The van der Waals surface area contributed by atoms with E-state index in [-0.39, 0.29) is 16.8 Å². The zero-order chi connectivity index (χ0) is 17.3. The highest BCUT2D eigenvalue weighted by Crippen LogP contribution is 2.34. The van der Waals surface area contributed by atoms with Crippen LogP contribution in [-0.4, -0.2) is 24.4 Å². The van der Waals surface area contributed by atoms with Gasteiger partial charge < -0.3 is 5.32 Å². The number of benzene rings is 2. The molecule has 24 heavy (non-hydrogen) atoms. The van der Waals surface area contributed by atoms with E-state index < -0.39 is 6.04 Å². The first-order chi connectivity index (χ1) is 11.5. The van der Waals surface area contributed by atoms with Crippen LogP contribution in [-0.2, 0) is 11.2 Å². The van der Waals surface area contributed by atoms with E-state index in [1.165, 1.54) is 11.0 Å². The molecule has 4 nitrogen and oxygen atoms in total. The van der Waals surface area contributed by atoms with Crippen LogP contribution in [0, 0.1) is 0 Å². The van der Waals surface area contributed by atoms with Crippen molar-refractivity contribution in [3.63, 3.8) is 0 Å². The first-order valence-electron chi connectivity index (χ1n) is 7.67. The molecule has 0 radical (unpaired) electrons. The summed E-state index contributed by atoms with van der Waals surface area (Å²) in [5.74, 6) is -0.481. The van der Waals surface area contributed by atoms with Crippen molar-refractivity contribution in [3.05, 3.63) is 63.6 Å². The molecule has 0 fully saturated rings. The largest absolute Gasteiger partial charge is 0.355 e. The van der Waals surface area contributed by atoms with Gasteiger partial charge in [0.05, 0.1) is 10.6 Å². The normalized spacial score (nSPS) is 16.0. The SMILES string of the molecule is CCNC(=O)C1Cc2ccccc2N1C(=O)c1ccc(Cl)cc1Cl. The molecule has 0 saturated carbocycles. The lowest BCUT2D eigenvalue weighted by Crippen LogP contribution is -2.48. The molecule has 124 valence electrons. The van der Waals surface area contributed by atoms with Gasteiger partial charge in [-0.25, -0.2) is 0 Å². The van der Waals surface area contributed by atoms with Gasteiger partial charge in [-0.3, -0.25) is 14.5 Å². The van der Waals surface area contributed by atoms with Crippen LogP contribution in [0.1, 0.15) is 22.8 Å². The molecule has 2 aromatic rings. The molecular formula is C18H16Cl2N2O2. The van der Waals surface area contributed by atoms with Crippen molar-refractivity contribution in [2.75, 3.05) is 11.4 Å². The maximum absolute atomic E-state index is 13.1. The quantitative estimate of drug-likeness (QED) is 0.904. The Labute approximate surface area is 150 Å². The molecule has 1 aliphatic rings. The Morgan fingerprint density at radius 3 is 2.67 bits per heavy atom. The topological polar surface area (TPSA) is 49.4 Å². The van der Waals surface area contributed by atoms with Gasteiger partial charge in [-0.1, -0.05) is 41.4 Å². The van der Waals surface area contributed by atoms with Gasteiger partial charge in [-0.15, -0.1) is 0 Å². The average Bonchev–Trinajstić information content (AvgIpc) is 2.94. The van der Waals surface area contributed by atoms with E-state index >= 15 is 0 Å². The highest BCUT2D eigenvalue weighted by molar-refractivity contribution is 6.37. The molecule has 0 aromatic heterocycles. The molecule has 3 rings (SSSR count). The summed E-state index contributed by atoms with van der Waals surface area (Å²) in [6.07, 6.45) is 0.485. The van der Waals surface area contributed by atoms with Crippen LogP contribution in [0.25, 0.3) is 0 Å². The highest BCUT2D eigenvalue weighted by Gasteiger charge is 2.38. The zero-order valence-electron chi connectivity index (χ0n) is 13.1. The summed E-state index contributed by atoms with van der Waals surface area (Å²) in [5.41, 5.74) is 2.03. The van der Waals surface area contributed by atoms with Gasteiger partial charge in [0.15, 0.2) is 0 Å². The minimum absolute atomic E-state index is 0.174.